The summed E-state index contributed by atoms with van der Waals surface area (Å²) in [4.78, 5) is 0. The van der Waals surface area contributed by atoms with Crippen LogP contribution in [0.5, 0.6) is 0 Å². The molecule has 1 heterocycles. The second-order valence-corrected chi connectivity index (χ2v) is 5.88. The van der Waals surface area contributed by atoms with Crippen LogP contribution < -0.4 is 5.46 Å². The zero-order valence-corrected chi connectivity index (χ0v) is 9.07. The Morgan fingerprint density at radius 1 is 1.47 bits per heavy atom. The molecule has 0 bridgehead atoms. The minimum Gasteiger partial charge on any atom is -0.423 e. The topological polar surface area (TPSA) is 63.6 Å². The first kappa shape index (κ1) is 10.7. The summed E-state index contributed by atoms with van der Waals surface area (Å²) in [6.45, 7) is 0. The molecule has 1 N–H and O–H groups in total. The summed E-state index contributed by atoms with van der Waals surface area (Å²) in [6.07, 6.45) is 0.607. The quantitative estimate of drug-likeness (QED) is 0.690. The fourth-order valence-corrected chi connectivity index (χ4v) is 2.54. The lowest BCUT2D eigenvalue weighted by Gasteiger charge is -2.10. The van der Waals surface area contributed by atoms with Gasteiger partial charge in [0.1, 0.15) is 9.84 Å². The maximum Gasteiger partial charge on any atom is 0.492 e. The maximum atomic E-state index is 11.1. The van der Waals surface area contributed by atoms with E-state index in [4.69, 9.17) is 4.65 Å². The molecule has 2 rings (SSSR count). The summed E-state index contributed by atoms with van der Waals surface area (Å²) >= 11 is 0. The molecule has 1 unspecified atom stereocenters. The van der Waals surface area contributed by atoms with E-state index < -0.39 is 23.1 Å². The zero-order chi connectivity index (χ0) is 11.1. The monoisotopic (exact) mass is 226 g/mol. The fraction of sp³-hybridized carbons (Fsp3) is 0.333. The molecule has 0 spiro atoms. The van der Waals surface area contributed by atoms with E-state index in [0.29, 0.717) is 5.46 Å². The molecular weight excluding hydrogens is 215 g/mol. The van der Waals surface area contributed by atoms with Crippen LogP contribution in [0.25, 0.3) is 0 Å². The Morgan fingerprint density at radius 3 is 2.80 bits per heavy atom. The Kier molecular flexibility index (Phi) is 2.58. The predicted octanol–water partition coefficient (Wildman–Crippen LogP) is -0.510. The van der Waals surface area contributed by atoms with Crippen LogP contribution in [-0.4, -0.2) is 32.6 Å². The molecule has 0 fully saturated rings. The molecule has 6 heteroatoms. The maximum absolute atomic E-state index is 11.1. The number of fused-ring (bicyclic) bond motifs is 1. The Bertz CT molecular complexity index is 471. The Labute approximate surface area is 88.9 Å². The highest BCUT2D eigenvalue weighted by atomic mass is 32.2. The molecule has 80 valence electrons. The van der Waals surface area contributed by atoms with Gasteiger partial charge < -0.3 is 9.68 Å². The lowest BCUT2D eigenvalue weighted by molar-refractivity contribution is 0.211. The molecule has 4 nitrogen and oxygen atoms in total. The highest BCUT2D eigenvalue weighted by molar-refractivity contribution is 7.90. The van der Waals surface area contributed by atoms with Gasteiger partial charge in [-0.3, -0.25) is 0 Å². The van der Waals surface area contributed by atoms with Gasteiger partial charge in [-0.15, -0.1) is 0 Å². The summed E-state index contributed by atoms with van der Waals surface area (Å²) in [6, 6.07) is 7.10. The average Bonchev–Trinajstić information content (AvgIpc) is 2.42. The van der Waals surface area contributed by atoms with E-state index in [2.05, 4.69) is 0 Å². The van der Waals surface area contributed by atoms with Crippen LogP contribution in [0.2, 0.25) is 0 Å². The van der Waals surface area contributed by atoms with Crippen LogP contribution >= 0.6 is 0 Å². The first-order valence-corrected chi connectivity index (χ1v) is 6.63. The highest BCUT2D eigenvalue weighted by Gasteiger charge is 2.36. The predicted molar refractivity (Wildman–Crippen MR) is 57.6 cm³/mol. The van der Waals surface area contributed by atoms with Crippen molar-refractivity contribution in [2.24, 2.45) is 0 Å². The van der Waals surface area contributed by atoms with Crippen molar-refractivity contribution in [3.05, 3.63) is 29.8 Å². The first-order chi connectivity index (χ1) is 6.97. The molecule has 0 radical (unpaired) electrons. The normalized spacial score (nSPS) is 20.4. The van der Waals surface area contributed by atoms with E-state index in [0.717, 1.165) is 11.8 Å². The highest BCUT2D eigenvalue weighted by Crippen LogP contribution is 2.24. The van der Waals surface area contributed by atoms with Crippen LogP contribution in [0, 0.1) is 0 Å². The molecule has 0 saturated carbocycles. The standard InChI is InChI=1S/C9H11BO4S/c1-15(12,13)6-9-7-4-2-3-5-8(7)10(11)14-9/h2-5,9,11H,6H2,1H3. The van der Waals surface area contributed by atoms with E-state index in [1.165, 1.54) is 0 Å². The van der Waals surface area contributed by atoms with Gasteiger partial charge >= 0.3 is 7.12 Å². The van der Waals surface area contributed by atoms with Crippen LogP contribution in [-0.2, 0) is 14.5 Å². The molecule has 1 atom stereocenters. The summed E-state index contributed by atoms with van der Waals surface area (Å²) in [5.74, 6) is -0.0962. The first-order valence-electron chi connectivity index (χ1n) is 4.57. The lowest BCUT2D eigenvalue weighted by Crippen LogP contribution is -2.27. The Hall–Kier alpha value is -0.845. The van der Waals surface area contributed by atoms with Crippen molar-refractivity contribution in [2.75, 3.05) is 12.0 Å². The van der Waals surface area contributed by atoms with Gasteiger partial charge in [0, 0.05) is 6.26 Å². The summed E-state index contributed by atoms with van der Waals surface area (Å²) < 4.78 is 27.5. The largest absolute Gasteiger partial charge is 0.492 e. The third-order valence-corrected chi connectivity index (χ3v) is 3.26. The fourth-order valence-electron chi connectivity index (χ4n) is 1.74. The smallest absolute Gasteiger partial charge is 0.423 e. The van der Waals surface area contributed by atoms with E-state index in [9.17, 15) is 13.4 Å². The van der Waals surface area contributed by atoms with Crippen molar-refractivity contribution >= 4 is 22.4 Å². The summed E-state index contributed by atoms with van der Waals surface area (Å²) in [5.41, 5.74) is 1.42. The zero-order valence-electron chi connectivity index (χ0n) is 8.25. The van der Waals surface area contributed by atoms with Crippen molar-refractivity contribution < 1.29 is 18.1 Å². The van der Waals surface area contributed by atoms with Crippen LogP contribution in [0.1, 0.15) is 11.7 Å². The molecule has 0 aliphatic carbocycles. The van der Waals surface area contributed by atoms with Gasteiger partial charge in [0.2, 0.25) is 0 Å². The van der Waals surface area contributed by atoms with E-state index in [-0.39, 0.29) is 5.75 Å². The van der Waals surface area contributed by atoms with Crippen molar-refractivity contribution in [1.29, 1.82) is 0 Å². The number of benzene rings is 1. The Balaban J connectivity index is 2.33. The van der Waals surface area contributed by atoms with E-state index >= 15 is 0 Å². The number of rotatable bonds is 2. The molecule has 1 aromatic carbocycles. The van der Waals surface area contributed by atoms with Crippen molar-refractivity contribution in [2.45, 2.75) is 6.10 Å². The van der Waals surface area contributed by atoms with Crippen molar-refractivity contribution in [3.8, 4) is 0 Å². The number of sulfone groups is 1. The SMILES string of the molecule is CS(=O)(=O)CC1OB(O)c2ccccc21. The van der Waals surface area contributed by atoms with Gasteiger partial charge in [-0.2, -0.15) is 0 Å². The van der Waals surface area contributed by atoms with E-state index in [1.807, 2.05) is 0 Å². The molecular formula is C9H11BO4S. The molecule has 15 heavy (non-hydrogen) atoms. The van der Waals surface area contributed by atoms with Gasteiger partial charge in [-0.05, 0) is 11.0 Å². The molecule has 0 aromatic heterocycles. The van der Waals surface area contributed by atoms with Crippen LogP contribution in [0.4, 0.5) is 0 Å². The molecule has 1 aliphatic rings. The van der Waals surface area contributed by atoms with Crippen molar-refractivity contribution in [3.63, 3.8) is 0 Å². The molecule has 1 aromatic rings. The van der Waals surface area contributed by atoms with Gasteiger partial charge in [0.25, 0.3) is 0 Å². The molecule has 0 saturated heterocycles. The van der Waals surface area contributed by atoms with Crippen LogP contribution in [0.15, 0.2) is 24.3 Å². The third kappa shape index (κ3) is 2.22. The van der Waals surface area contributed by atoms with Gasteiger partial charge in [-0.25, -0.2) is 8.42 Å². The second-order valence-electron chi connectivity index (χ2n) is 3.70. The lowest BCUT2D eigenvalue weighted by atomic mass is 9.79. The average molecular weight is 226 g/mol. The number of hydrogen-bond donors (Lipinski definition) is 1. The van der Waals surface area contributed by atoms with E-state index in [1.54, 1.807) is 24.3 Å². The minimum absolute atomic E-state index is 0.0962. The summed E-state index contributed by atoms with van der Waals surface area (Å²) in [5, 5.41) is 9.53. The third-order valence-electron chi connectivity index (χ3n) is 2.36. The molecule has 0 amide bonds. The van der Waals surface area contributed by atoms with Gasteiger partial charge in [0.05, 0.1) is 11.9 Å². The minimum atomic E-state index is -3.11. The van der Waals surface area contributed by atoms with Crippen LogP contribution in [0.3, 0.4) is 0 Å². The number of hydrogen-bond acceptors (Lipinski definition) is 4. The van der Waals surface area contributed by atoms with Gasteiger partial charge in [0.15, 0.2) is 0 Å². The van der Waals surface area contributed by atoms with Crippen molar-refractivity contribution in [1.82, 2.24) is 0 Å². The Morgan fingerprint density at radius 2 is 2.13 bits per heavy atom. The second kappa shape index (κ2) is 3.62. The summed E-state index contributed by atoms with van der Waals surface area (Å²) in [7, 11) is -4.12. The van der Waals surface area contributed by atoms with Gasteiger partial charge in [-0.1, -0.05) is 24.3 Å². The molecule has 1 aliphatic heterocycles.